The number of hydrogen-bond acceptors (Lipinski definition) is 3. The zero-order chi connectivity index (χ0) is 14.8. The molecule has 1 heterocycles. The first kappa shape index (κ1) is 15.2. The lowest BCUT2D eigenvalue weighted by atomic mass is 9.91. The molecule has 0 saturated heterocycles. The number of rotatable bonds is 4. The first-order valence-electron chi connectivity index (χ1n) is 7.20. The van der Waals surface area contributed by atoms with Crippen molar-refractivity contribution in [3.8, 4) is 10.6 Å². The summed E-state index contributed by atoms with van der Waals surface area (Å²) in [5, 5.41) is 4.57. The fraction of sp³-hybridized carbons (Fsp3) is 0.471. The monoisotopic (exact) mass is 288 g/mol. The van der Waals surface area contributed by atoms with Gasteiger partial charge in [0.2, 0.25) is 0 Å². The lowest BCUT2D eigenvalue weighted by Crippen LogP contribution is -2.18. The van der Waals surface area contributed by atoms with Gasteiger partial charge in [-0.05, 0) is 19.0 Å². The fourth-order valence-corrected chi connectivity index (χ4v) is 3.56. The minimum Gasteiger partial charge on any atom is -0.312 e. The maximum atomic E-state index is 4.94. The van der Waals surface area contributed by atoms with Gasteiger partial charge in [0.25, 0.3) is 0 Å². The summed E-state index contributed by atoms with van der Waals surface area (Å²) in [7, 11) is 0. The van der Waals surface area contributed by atoms with E-state index in [2.05, 4.69) is 64.2 Å². The molecule has 1 aromatic heterocycles. The fourth-order valence-electron chi connectivity index (χ4n) is 2.22. The van der Waals surface area contributed by atoms with Gasteiger partial charge in [-0.15, -0.1) is 11.3 Å². The highest BCUT2D eigenvalue weighted by atomic mass is 32.1. The van der Waals surface area contributed by atoms with Crippen LogP contribution in [-0.4, -0.2) is 11.5 Å². The van der Waals surface area contributed by atoms with E-state index in [9.17, 15) is 0 Å². The summed E-state index contributed by atoms with van der Waals surface area (Å²) in [6.07, 6.45) is 0. The third kappa shape index (κ3) is 3.28. The van der Waals surface area contributed by atoms with Crippen LogP contribution in [0.2, 0.25) is 0 Å². The molecule has 108 valence electrons. The molecule has 1 aromatic carbocycles. The highest BCUT2D eigenvalue weighted by Crippen LogP contribution is 2.35. The number of aromatic nitrogens is 1. The van der Waals surface area contributed by atoms with Crippen LogP contribution in [0.4, 0.5) is 0 Å². The van der Waals surface area contributed by atoms with Crippen molar-refractivity contribution in [1.82, 2.24) is 10.3 Å². The average Bonchev–Trinajstić information content (AvgIpc) is 2.80. The molecule has 0 unspecified atom stereocenters. The van der Waals surface area contributed by atoms with Gasteiger partial charge in [0.15, 0.2) is 0 Å². The lowest BCUT2D eigenvalue weighted by molar-refractivity contribution is 0.561. The van der Waals surface area contributed by atoms with E-state index in [1.54, 1.807) is 0 Å². The van der Waals surface area contributed by atoms with Crippen LogP contribution in [0.1, 0.15) is 43.8 Å². The van der Waals surface area contributed by atoms with Gasteiger partial charge in [0.1, 0.15) is 5.01 Å². The Kier molecular flexibility index (Phi) is 4.61. The summed E-state index contributed by atoms with van der Waals surface area (Å²) in [6, 6.07) is 8.48. The Morgan fingerprint density at radius 1 is 1.20 bits per heavy atom. The Hall–Kier alpha value is -1.19. The van der Waals surface area contributed by atoms with E-state index in [0.717, 1.165) is 18.1 Å². The zero-order valence-corrected chi connectivity index (χ0v) is 13.9. The molecule has 0 atom stereocenters. The largest absolute Gasteiger partial charge is 0.312 e. The first-order chi connectivity index (χ1) is 9.43. The Balaban J connectivity index is 2.46. The molecule has 0 bridgehead atoms. The van der Waals surface area contributed by atoms with Crippen LogP contribution in [-0.2, 0) is 12.0 Å². The van der Waals surface area contributed by atoms with Gasteiger partial charge in [0, 0.05) is 22.4 Å². The number of nitrogens with one attached hydrogen (secondary N) is 1. The highest BCUT2D eigenvalue weighted by molar-refractivity contribution is 7.15. The van der Waals surface area contributed by atoms with Gasteiger partial charge in [-0.2, -0.15) is 0 Å². The molecule has 0 aliphatic heterocycles. The van der Waals surface area contributed by atoms with Crippen LogP contribution in [0, 0.1) is 6.92 Å². The van der Waals surface area contributed by atoms with Crippen molar-refractivity contribution in [1.29, 1.82) is 0 Å². The van der Waals surface area contributed by atoms with Crippen LogP contribution in [0.3, 0.4) is 0 Å². The maximum absolute atomic E-state index is 4.94. The molecule has 0 saturated carbocycles. The van der Waals surface area contributed by atoms with E-state index < -0.39 is 0 Å². The van der Waals surface area contributed by atoms with Gasteiger partial charge in [-0.25, -0.2) is 4.98 Å². The predicted molar refractivity (Wildman–Crippen MR) is 88.4 cm³/mol. The van der Waals surface area contributed by atoms with E-state index in [4.69, 9.17) is 4.98 Å². The van der Waals surface area contributed by atoms with Crippen LogP contribution in [0.5, 0.6) is 0 Å². The lowest BCUT2D eigenvalue weighted by Gasteiger charge is -2.17. The predicted octanol–water partition coefficient (Wildman–Crippen LogP) is 4.53. The first-order valence-corrected chi connectivity index (χ1v) is 8.02. The van der Waals surface area contributed by atoms with Crippen molar-refractivity contribution >= 4 is 11.3 Å². The maximum Gasteiger partial charge on any atom is 0.124 e. The highest BCUT2D eigenvalue weighted by Gasteiger charge is 2.23. The molecule has 1 N–H and O–H groups in total. The quantitative estimate of drug-likeness (QED) is 0.894. The molecule has 2 nitrogen and oxygen atoms in total. The van der Waals surface area contributed by atoms with Gasteiger partial charge in [0.05, 0.1) is 5.69 Å². The molecule has 0 aliphatic rings. The van der Waals surface area contributed by atoms with Crippen LogP contribution in [0.15, 0.2) is 24.3 Å². The molecular weight excluding hydrogens is 264 g/mol. The van der Waals surface area contributed by atoms with Gasteiger partial charge in [-0.1, -0.05) is 52.0 Å². The number of benzene rings is 1. The summed E-state index contributed by atoms with van der Waals surface area (Å²) in [6.45, 7) is 12.9. The van der Waals surface area contributed by atoms with Gasteiger partial charge < -0.3 is 5.32 Å². The second-order valence-corrected chi connectivity index (χ2v) is 7.22. The Morgan fingerprint density at radius 3 is 2.50 bits per heavy atom. The number of nitrogens with zero attached hydrogens (tertiary/aromatic N) is 1. The second kappa shape index (κ2) is 6.06. The van der Waals surface area contributed by atoms with E-state index in [-0.39, 0.29) is 5.41 Å². The van der Waals surface area contributed by atoms with Crippen LogP contribution < -0.4 is 5.32 Å². The SMILES string of the molecule is CCNCc1sc(-c2ccccc2C)nc1C(C)(C)C. The molecule has 2 rings (SSSR count). The van der Waals surface area contributed by atoms with Gasteiger partial charge in [-0.3, -0.25) is 0 Å². The molecule has 2 aromatic rings. The standard InChI is InChI=1S/C17H24N2S/c1-6-18-11-14-15(17(3,4)5)19-16(20-14)13-10-8-7-9-12(13)2/h7-10,18H,6,11H2,1-5H3. The van der Waals surface area contributed by atoms with E-state index in [1.807, 2.05) is 11.3 Å². The van der Waals surface area contributed by atoms with E-state index >= 15 is 0 Å². The summed E-state index contributed by atoms with van der Waals surface area (Å²) in [4.78, 5) is 6.30. The van der Waals surface area contributed by atoms with E-state index in [0.29, 0.717) is 0 Å². The summed E-state index contributed by atoms with van der Waals surface area (Å²) >= 11 is 1.82. The average molecular weight is 288 g/mol. The van der Waals surface area contributed by atoms with Crippen LogP contribution >= 0.6 is 11.3 Å². The van der Waals surface area contributed by atoms with Crippen molar-refractivity contribution in [3.63, 3.8) is 0 Å². The molecule has 0 aliphatic carbocycles. The molecule has 20 heavy (non-hydrogen) atoms. The molecule has 0 radical (unpaired) electrons. The van der Waals surface area contributed by atoms with Gasteiger partial charge >= 0.3 is 0 Å². The van der Waals surface area contributed by atoms with Crippen molar-refractivity contribution in [2.75, 3.05) is 6.54 Å². The third-order valence-electron chi connectivity index (χ3n) is 3.32. The molecule has 0 amide bonds. The number of thiazole rings is 1. The van der Waals surface area contributed by atoms with Crippen LogP contribution in [0.25, 0.3) is 10.6 Å². The number of hydrogen-bond donors (Lipinski definition) is 1. The summed E-state index contributed by atoms with van der Waals surface area (Å²) in [5.74, 6) is 0. The Labute approximate surface area is 126 Å². The van der Waals surface area contributed by atoms with Crippen molar-refractivity contribution in [3.05, 3.63) is 40.4 Å². The third-order valence-corrected chi connectivity index (χ3v) is 4.41. The minimum absolute atomic E-state index is 0.0855. The zero-order valence-electron chi connectivity index (χ0n) is 13.1. The molecule has 0 fully saturated rings. The summed E-state index contributed by atoms with van der Waals surface area (Å²) < 4.78 is 0. The van der Waals surface area contributed by atoms with Crippen molar-refractivity contribution in [2.24, 2.45) is 0 Å². The topological polar surface area (TPSA) is 24.9 Å². The second-order valence-electron chi connectivity index (χ2n) is 6.14. The smallest absolute Gasteiger partial charge is 0.124 e. The Morgan fingerprint density at radius 2 is 1.90 bits per heavy atom. The molecule has 3 heteroatoms. The number of aryl methyl sites for hydroxylation is 1. The van der Waals surface area contributed by atoms with Crippen molar-refractivity contribution < 1.29 is 0 Å². The Bertz CT molecular complexity index is 579. The summed E-state index contributed by atoms with van der Waals surface area (Å²) in [5.41, 5.74) is 3.85. The van der Waals surface area contributed by atoms with E-state index in [1.165, 1.54) is 21.7 Å². The van der Waals surface area contributed by atoms with Crippen molar-refractivity contribution in [2.45, 2.75) is 46.6 Å². The molecular formula is C17H24N2S. The molecule has 0 spiro atoms. The minimum atomic E-state index is 0.0855. The normalized spacial score (nSPS) is 11.8.